The van der Waals surface area contributed by atoms with Crippen LogP contribution in [0.15, 0.2) is 22.7 Å². The normalized spacial score (nSPS) is 13.8. The molecule has 0 aliphatic heterocycles. The standard InChI is InChI=1S/C15H17ClN4O3/c1-22-7-6-13-19-14(23-20-13)11-8-9(16)2-5-12(11)18-15(21)17-10-3-4-10/h2,5,8,10H,3-4,6-7H2,1H3,(H2,17,18,21). The van der Waals surface area contributed by atoms with Gasteiger partial charge in [0.15, 0.2) is 5.82 Å². The topological polar surface area (TPSA) is 89.3 Å². The van der Waals surface area contributed by atoms with Gasteiger partial charge in [0.2, 0.25) is 0 Å². The van der Waals surface area contributed by atoms with Crippen LogP contribution < -0.4 is 10.6 Å². The Morgan fingerprint density at radius 2 is 2.30 bits per heavy atom. The first-order valence-corrected chi connectivity index (χ1v) is 7.72. The van der Waals surface area contributed by atoms with Crippen molar-refractivity contribution >= 4 is 23.3 Å². The Hall–Kier alpha value is -2.12. The summed E-state index contributed by atoms with van der Waals surface area (Å²) in [7, 11) is 1.61. The van der Waals surface area contributed by atoms with Crippen LogP contribution in [0.3, 0.4) is 0 Å². The SMILES string of the molecule is COCCc1noc(-c2cc(Cl)ccc2NC(=O)NC2CC2)n1. The summed E-state index contributed by atoms with van der Waals surface area (Å²) >= 11 is 6.05. The molecule has 1 aliphatic carbocycles. The molecule has 1 aromatic carbocycles. The molecule has 1 aliphatic rings. The van der Waals surface area contributed by atoms with Crippen molar-refractivity contribution in [2.45, 2.75) is 25.3 Å². The number of rotatable bonds is 6. The molecule has 23 heavy (non-hydrogen) atoms. The molecule has 1 fully saturated rings. The Bertz CT molecular complexity index is 700. The van der Waals surface area contributed by atoms with E-state index < -0.39 is 0 Å². The number of aromatic nitrogens is 2. The number of benzene rings is 1. The van der Waals surface area contributed by atoms with Crippen LogP contribution in [-0.2, 0) is 11.2 Å². The van der Waals surface area contributed by atoms with Gasteiger partial charge in [-0.2, -0.15) is 4.98 Å². The zero-order chi connectivity index (χ0) is 16.2. The van der Waals surface area contributed by atoms with E-state index in [4.69, 9.17) is 20.9 Å². The predicted octanol–water partition coefficient (Wildman–Crippen LogP) is 2.86. The molecule has 0 radical (unpaired) electrons. The molecule has 0 atom stereocenters. The lowest BCUT2D eigenvalue weighted by Gasteiger charge is -2.09. The molecule has 1 aromatic heterocycles. The molecule has 2 N–H and O–H groups in total. The Kier molecular flexibility index (Phi) is 4.78. The quantitative estimate of drug-likeness (QED) is 0.846. The fourth-order valence-corrected chi connectivity index (χ4v) is 2.20. The number of ether oxygens (including phenoxy) is 1. The lowest BCUT2D eigenvalue weighted by Crippen LogP contribution is -2.30. The minimum absolute atomic E-state index is 0.254. The Morgan fingerprint density at radius 3 is 3.04 bits per heavy atom. The third-order valence-electron chi connectivity index (χ3n) is 3.37. The number of methoxy groups -OCH3 is 1. The predicted molar refractivity (Wildman–Crippen MR) is 85.5 cm³/mol. The number of hydrogen-bond acceptors (Lipinski definition) is 5. The average molecular weight is 337 g/mol. The molecule has 0 unspecified atom stereocenters. The van der Waals surface area contributed by atoms with Crippen LogP contribution in [-0.4, -0.2) is 35.9 Å². The third-order valence-corrected chi connectivity index (χ3v) is 3.61. The van der Waals surface area contributed by atoms with Crippen LogP contribution in [0.5, 0.6) is 0 Å². The number of anilines is 1. The number of hydrogen-bond donors (Lipinski definition) is 2. The van der Waals surface area contributed by atoms with Crippen LogP contribution in [0.25, 0.3) is 11.5 Å². The van der Waals surface area contributed by atoms with Crippen molar-refractivity contribution in [3.05, 3.63) is 29.0 Å². The number of urea groups is 1. The summed E-state index contributed by atoms with van der Waals surface area (Å²) in [5.41, 5.74) is 1.15. The minimum atomic E-state index is -0.254. The van der Waals surface area contributed by atoms with Crippen molar-refractivity contribution in [3.63, 3.8) is 0 Å². The van der Waals surface area contributed by atoms with Gasteiger partial charge in [0.05, 0.1) is 17.9 Å². The van der Waals surface area contributed by atoms with E-state index in [1.54, 1.807) is 25.3 Å². The van der Waals surface area contributed by atoms with Gasteiger partial charge in [-0.25, -0.2) is 4.79 Å². The van der Waals surface area contributed by atoms with Gasteiger partial charge < -0.3 is 19.9 Å². The van der Waals surface area contributed by atoms with E-state index in [0.717, 1.165) is 12.8 Å². The molecule has 7 nitrogen and oxygen atoms in total. The fourth-order valence-electron chi connectivity index (χ4n) is 2.03. The molecule has 0 saturated heterocycles. The van der Waals surface area contributed by atoms with Crippen LogP contribution in [0, 0.1) is 0 Å². The van der Waals surface area contributed by atoms with Crippen molar-refractivity contribution in [1.29, 1.82) is 0 Å². The second kappa shape index (κ2) is 6.97. The highest BCUT2D eigenvalue weighted by atomic mass is 35.5. The van der Waals surface area contributed by atoms with E-state index in [9.17, 15) is 4.79 Å². The van der Waals surface area contributed by atoms with Crippen LogP contribution in [0.1, 0.15) is 18.7 Å². The first kappa shape index (κ1) is 15.8. The Morgan fingerprint density at radius 1 is 1.48 bits per heavy atom. The third kappa shape index (κ3) is 4.20. The van der Waals surface area contributed by atoms with E-state index >= 15 is 0 Å². The number of amides is 2. The first-order valence-electron chi connectivity index (χ1n) is 7.34. The molecule has 2 amide bonds. The maximum Gasteiger partial charge on any atom is 0.319 e. The van der Waals surface area contributed by atoms with Gasteiger partial charge in [-0.05, 0) is 31.0 Å². The molecular weight excluding hydrogens is 320 g/mol. The molecule has 3 rings (SSSR count). The summed E-state index contributed by atoms with van der Waals surface area (Å²) in [6.45, 7) is 0.503. The van der Waals surface area contributed by atoms with Gasteiger partial charge in [0, 0.05) is 24.6 Å². The largest absolute Gasteiger partial charge is 0.384 e. The van der Waals surface area contributed by atoms with Crippen molar-refractivity contribution in [1.82, 2.24) is 15.5 Å². The summed E-state index contributed by atoms with van der Waals surface area (Å²) in [6, 6.07) is 5.11. The first-order chi connectivity index (χ1) is 11.2. The Labute approximate surface area is 138 Å². The molecule has 1 heterocycles. The van der Waals surface area contributed by atoms with Gasteiger partial charge >= 0.3 is 6.03 Å². The smallest absolute Gasteiger partial charge is 0.319 e. The number of carbonyl (C=O) groups excluding carboxylic acids is 1. The zero-order valence-electron chi connectivity index (χ0n) is 12.6. The lowest BCUT2D eigenvalue weighted by molar-refractivity contribution is 0.199. The maximum absolute atomic E-state index is 11.9. The monoisotopic (exact) mass is 336 g/mol. The molecular formula is C15H17ClN4O3. The highest BCUT2D eigenvalue weighted by Crippen LogP contribution is 2.30. The maximum atomic E-state index is 11.9. The van der Waals surface area contributed by atoms with E-state index in [0.29, 0.717) is 41.0 Å². The van der Waals surface area contributed by atoms with Crippen molar-refractivity contribution in [2.24, 2.45) is 0 Å². The summed E-state index contributed by atoms with van der Waals surface area (Å²) < 4.78 is 10.3. The summed E-state index contributed by atoms with van der Waals surface area (Å²) in [4.78, 5) is 16.3. The molecule has 2 aromatic rings. The Balaban J connectivity index is 1.80. The fraction of sp³-hybridized carbons (Fsp3) is 0.400. The highest BCUT2D eigenvalue weighted by molar-refractivity contribution is 6.31. The average Bonchev–Trinajstić information content (AvgIpc) is 3.21. The van der Waals surface area contributed by atoms with Crippen LogP contribution in [0.4, 0.5) is 10.5 Å². The molecule has 0 spiro atoms. The lowest BCUT2D eigenvalue weighted by atomic mass is 10.1. The van der Waals surface area contributed by atoms with Crippen LogP contribution in [0.2, 0.25) is 5.02 Å². The van der Waals surface area contributed by atoms with E-state index in [1.165, 1.54) is 0 Å². The van der Waals surface area contributed by atoms with Gasteiger partial charge in [-0.1, -0.05) is 16.8 Å². The second-order valence-electron chi connectivity index (χ2n) is 5.32. The van der Waals surface area contributed by atoms with Gasteiger partial charge in [0.1, 0.15) is 0 Å². The number of nitrogens with one attached hydrogen (secondary N) is 2. The summed E-state index contributed by atoms with van der Waals surface area (Å²) in [6.07, 6.45) is 2.59. The van der Waals surface area contributed by atoms with Gasteiger partial charge in [-0.15, -0.1) is 0 Å². The van der Waals surface area contributed by atoms with Crippen LogP contribution >= 0.6 is 11.6 Å². The summed E-state index contributed by atoms with van der Waals surface area (Å²) in [5, 5.41) is 10.1. The van der Waals surface area contributed by atoms with Crippen molar-refractivity contribution < 1.29 is 14.1 Å². The van der Waals surface area contributed by atoms with E-state index in [2.05, 4.69) is 20.8 Å². The number of nitrogens with zero attached hydrogens (tertiary/aromatic N) is 2. The zero-order valence-corrected chi connectivity index (χ0v) is 13.4. The summed E-state index contributed by atoms with van der Waals surface area (Å²) in [5.74, 6) is 0.843. The molecule has 122 valence electrons. The highest BCUT2D eigenvalue weighted by Gasteiger charge is 2.24. The van der Waals surface area contributed by atoms with E-state index in [1.807, 2.05) is 0 Å². The molecule has 0 bridgehead atoms. The molecule has 1 saturated carbocycles. The number of halogens is 1. The van der Waals surface area contributed by atoms with Crippen molar-refractivity contribution in [2.75, 3.05) is 19.0 Å². The van der Waals surface area contributed by atoms with Gasteiger partial charge in [-0.3, -0.25) is 0 Å². The minimum Gasteiger partial charge on any atom is -0.384 e. The van der Waals surface area contributed by atoms with E-state index in [-0.39, 0.29) is 12.1 Å². The molecule has 8 heteroatoms. The number of carbonyl (C=O) groups is 1. The van der Waals surface area contributed by atoms with Gasteiger partial charge in [0.25, 0.3) is 5.89 Å². The second-order valence-corrected chi connectivity index (χ2v) is 5.76. The van der Waals surface area contributed by atoms with Crippen molar-refractivity contribution in [3.8, 4) is 11.5 Å².